The third-order valence-corrected chi connectivity index (χ3v) is 3.31. The molecule has 0 saturated carbocycles. The van der Waals surface area contributed by atoms with Gasteiger partial charge in [-0.3, -0.25) is 9.59 Å². The fourth-order valence-corrected chi connectivity index (χ4v) is 2.08. The summed E-state index contributed by atoms with van der Waals surface area (Å²) < 4.78 is 28.8. The number of pyridine rings is 1. The number of benzene rings is 1. The van der Waals surface area contributed by atoms with Crippen molar-refractivity contribution in [2.45, 2.75) is 26.5 Å². The number of hydrogen-bond acceptors (Lipinski definition) is 3. The first-order chi connectivity index (χ1) is 10.9. The highest BCUT2D eigenvalue weighted by Gasteiger charge is 2.16. The molecule has 2 rings (SSSR count). The Kier molecular flexibility index (Phi) is 5.10. The Balaban J connectivity index is 2.15. The first-order valence-corrected chi connectivity index (χ1v) is 6.92. The van der Waals surface area contributed by atoms with Gasteiger partial charge < -0.3 is 15.0 Å². The van der Waals surface area contributed by atoms with Crippen LogP contribution in [0.3, 0.4) is 0 Å². The van der Waals surface area contributed by atoms with Gasteiger partial charge in [-0.05, 0) is 31.5 Å². The predicted octanol–water partition coefficient (Wildman–Crippen LogP) is 2.78. The zero-order valence-electron chi connectivity index (χ0n) is 12.6. The summed E-state index contributed by atoms with van der Waals surface area (Å²) in [6.07, 6.45) is 2.83. The second kappa shape index (κ2) is 7.04. The normalized spacial score (nSPS) is 12.0. The smallest absolute Gasteiger partial charge is 0.387 e. The van der Waals surface area contributed by atoms with Crippen molar-refractivity contribution in [3.05, 3.63) is 63.6 Å². The molecule has 7 heteroatoms. The summed E-state index contributed by atoms with van der Waals surface area (Å²) in [5.41, 5.74) is 0.651. The number of carbonyl (C=O) groups is 1. The van der Waals surface area contributed by atoms with Crippen molar-refractivity contribution in [2.24, 2.45) is 0 Å². The summed E-state index contributed by atoms with van der Waals surface area (Å²) in [5.74, 6) is -0.533. The number of rotatable bonds is 5. The Morgan fingerprint density at radius 1 is 1.30 bits per heavy atom. The lowest BCUT2D eigenvalue weighted by Crippen LogP contribution is -2.31. The minimum atomic E-state index is -2.92. The van der Waals surface area contributed by atoms with Gasteiger partial charge in [0.05, 0.1) is 6.04 Å². The fourth-order valence-electron chi connectivity index (χ4n) is 2.08. The van der Waals surface area contributed by atoms with Gasteiger partial charge in [-0.2, -0.15) is 8.78 Å². The minimum absolute atomic E-state index is 0.00293. The van der Waals surface area contributed by atoms with Crippen molar-refractivity contribution < 1.29 is 18.3 Å². The number of nitrogens with one attached hydrogen (secondary N) is 2. The van der Waals surface area contributed by atoms with E-state index in [9.17, 15) is 18.4 Å². The van der Waals surface area contributed by atoms with Crippen LogP contribution in [0.1, 0.15) is 34.5 Å². The van der Waals surface area contributed by atoms with E-state index in [-0.39, 0.29) is 16.7 Å². The quantitative estimate of drug-likeness (QED) is 0.889. The summed E-state index contributed by atoms with van der Waals surface area (Å²) >= 11 is 0. The van der Waals surface area contributed by atoms with E-state index in [1.165, 1.54) is 24.5 Å². The lowest BCUT2D eigenvalue weighted by atomic mass is 10.1. The Morgan fingerprint density at radius 2 is 2.04 bits per heavy atom. The van der Waals surface area contributed by atoms with Crippen LogP contribution in [-0.4, -0.2) is 17.5 Å². The average molecular weight is 322 g/mol. The minimum Gasteiger partial charge on any atom is -0.435 e. The van der Waals surface area contributed by atoms with Crippen LogP contribution in [0.15, 0.2) is 41.5 Å². The molecule has 1 atom stereocenters. The Bertz CT molecular complexity index is 759. The lowest BCUT2D eigenvalue weighted by Gasteiger charge is -2.15. The molecule has 0 fully saturated rings. The van der Waals surface area contributed by atoms with Crippen LogP contribution in [0.4, 0.5) is 8.78 Å². The number of hydrogen-bond donors (Lipinski definition) is 2. The molecule has 0 aliphatic carbocycles. The SMILES string of the molecule is Cc1c[nH]cc(C(=O)NC(C)c2cccc(OC(F)F)c2)c1=O. The van der Waals surface area contributed by atoms with Gasteiger partial charge in [0.25, 0.3) is 5.91 Å². The van der Waals surface area contributed by atoms with E-state index in [0.29, 0.717) is 11.1 Å². The monoisotopic (exact) mass is 322 g/mol. The largest absolute Gasteiger partial charge is 0.435 e. The molecule has 2 N–H and O–H groups in total. The van der Waals surface area contributed by atoms with E-state index in [4.69, 9.17) is 0 Å². The number of aromatic amines is 1. The van der Waals surface area contributed by atoms with E-state index in [2.05, 4.69) is 15.0 Å². The molecule has 5 nitrogen and oxygen atoms in total. The van der Waals surface area contributed by atoms with Gasteiger partial charge in [-0.25, -0.2) is 0 Å². The van der Waals surface area contributed by atoms with Crippen molar-refractivity contribution in [3.8, 4) is 5.75 Å². The maximum Gasteiger partial charge on any atom is 0.387 e. The predicted molar refractivity (Wildman–Crippen MR) is 80.8 cm³/mol. The van der Waals surface area contributed by atoms with Crippen LogP contribution in [0.2, 0.25) is 0 Å². The molecular formula is C16H16F2N2O3. The molecule has 2 aromatic rings. The second-order valence-electron chi connectivity index (χ2n) is 5.03. The van der Waals surface area contributed by atoms with Gasteiger partial charge in [0.1, 0.15) is 11.3 Å². The lowest BCUT2D eigenvalue weighted by molar-refractivity contribution is -0.0499. The fraction of sp³-hybridized carbons (Fsp3) is 0.250. The standard InChI is InChI=1S/C16H16F2N2O3/c1-9-7-19-8-13(14(9)21)15(22)20-10(2)11-4-3-5-12(6-11)23-16(17)18/h3-8,10,16H,1-2H3,(H,19,21)(H,20,22). The molecule has 0 bridgehead atoms. The maximum atomic E-state index is 12.2. The highest BCUT2D eigenvalue weighted by atomic mass is 19.3. The third-order valence-electron chi connectivity index (χ3n) is 3.31. The Morgan fingerprint density at radius 3 is 2.74 bits per heavy atom. The molecule has 1 amide bonds. The molecule has 1 aromatic heterocycles. The average Bonchev–Trinajstić information content (AvgIpc) is 2.49. The van der Waals surface area contributed by atoms with Crippen molar-refractivity contribution in [1.82, 2.24) is 10.3 Å². The summed E-state index contributed by atoms with van der Waals surface area (Å²) in [6.45, 7) is 0.370. The molecule has 0 aliphatic rings. The second-order valence-corrected chi connectivity index (χ2v) is 5.03. The van der Waals surface area contributed by atoms with Crippen LogP contribution < -0.4 is 15.5 Å². The van der Waals surface area contributed by atoms with E-state index in [1.54, 1.807) is 26.0 Å². The van der Waals surface area contributed by atoms with E-state index >= 15 is 0 Å². The van der Waals surface area contributed by atoms with Gasteiger partial charge in [-0.1, -0.05) is 12.1 Å². The zero-order chi connectivity index (χ0) is 17.0. The molecule has 122 valence electrons. The molecule has 0 radical (unpaired) electrons. The van der Waals surface area contributed by atoms with E-state index in [0.717, 1.165) is 0 Å². The molecule has 0 spiro atoms. The number of carbonyl (C=O) groups excluding carboxylic acids is 1. The molecular weight excluding hydrogens is 306 g/mol. The van der Waals surface area contributed by atoms with Gasteiger partial charge in [-0.15, -0.1) is 0 Å². The summed E-state index contributed by atoms with van der Waals surface area (Å²) in [5, 5.41) is 2.66. The van der Waals surface area contributed by atoms with Crippen molar-refractivity contribution in [1.29, 1.82) is 0 Å². The van der Waals surface area contributed by atoms with Gasteiger partial charge >= 0.3 is 6.61 Å². The van der Waals surface area contributed by atoms with Crippen LogP contribution in [0.25, 0.3) is 0 Å². The highest BCUT2D eigenvalue weighted by molar-refractivity contribution is 5.94. The number of aryl methyl sites for hydroxylation is 1. The third kappa shape index (κ3) is 4.15. The first kappa shape index (κ1) is 16.7. The van der Waals surface area contributed by atoms with Crippen LogP contribution >= 0.6 is 0 Å². The number of H-pyrrole nitrogens is 1. The van der Waals surface area contributed by atoms with Crippen molar-refractivity contribution >= 4 is 5.91 Å². The van der Waals surface area contributed by atoms with Crippen LogP contribution in [0, 0.1) is 6.92 Å². The summed E-state index contributed by atoms with van der Waals surface area (Å²) in [6, 6.07) is 5.55. The van der Waals surface area contributed by atoms with Gasteiger partial charge in [0.15, 0.2) is 5.43 Å². The zero-order valence-corrected chi connectivity index (χ0v) is 12.6. The number of alkyl halides is 2. The van der Waals surface area contributed by atoms with Crippen LogP contribution in [-0.2, 0) is 0 Å². The number of halogens is 2. The van der Waals surface area contributed by atoms with E-state index < -0.39 is 18.6 Å². The van der Waals surface area contributed by atoms with Crippen molar-refractivity contribution in [2.75, 3.05) is 0 Å². The number of amides is 1. The Labute approximate surface area is 131 Å². The van der Waals surface area contributed by atoms with E-state index in [1.807, 2.05) is 0 Å². The van der Waals surface area contributed by atoms with Crippen molar-refractivity contribution in [3.63, 3.8) is 0 Å². The first-order valence-electron chi connectivity index (χ1n) is 6.92. The maximum absolute atomic E-state index is 12.2. The molecule has 1 heterocycles. The topological polar surface area (TPSA) is 71.2 Å². The molecule has 23 heavy (non-hydrogen) atoms. The summed E-state index contributed by atoms with van der Waals surface area (Å²) in [4.78, 5) is 26.8. The van der Waals surface area contributed by atoms with Gasteiger partial charge in [0, 0.05) is 18.0 Å². The molecule has 1 aromatic carbocycles. The molecule has 1 unspecified atom stereocenters. The number of ether oxygens (including phenoxy) is 1. The summed E-state index contributed by atoms with van der Waals surface area (Å²) in [7, 11) is 0. The van der Waals surface area contributed by atoms with Crippen LogP contribution in [0.5, 0.6) is 5.75 Å². The molecule has 0 saturated heterocycles. The molecule has 0 aliphatic heterocycles. The highest BCUT2D eigenvalue weighted by Crippen LogP contribution is 2.20. The Hall–Kier alpha value is -2.70. The van der Waals surface area contributed by atoms with Gasteiger partial charge in [0.2, 0.25) is 0 Å². The number of aromatic nitrogens is 1.